The van der Waals surface area contributed by atoms with Crippen LogP contribution in [0.5, 0.6) is 0 Å². The fourth-order valence-electron chi connectivity index (χ4n) is 1.12. The Morgan fingerprint density at radius 2 is 1.72 bits per heavy atom. The molecule has 18 heavy (non-hydrogen) atoms. The van der Waals surface area contributed by atoms with Crippen molar-refractivity contribution < 1.29 is 27.7 Å². The molecule has 0 radical (unpaired) electrons. The highest BCUT2D eigenvalue weighted by Crippen LogP contribution is 2.47. The lowest BCUT2D eigenvalue weighted by molar-refractivity contribution is 0.0411. The summed E-state index contributed by atoms with van der Waals surface area (Å²) in [4.78, 5) is 11.5. The number of carbonyl (C=O) groups excluding carboxylic acids is 1. The molecule has 0 aliphatic heterocycles. The highest BCUT2D eigenvalue weighted by molar-refractivity contribution is 7.48. The van der Waals surface area contributed by atoms with Gasteiger partial charge in [0, 0.05) is 14.2 Å². The number of phosphoric acid groups is 1. The van der Waals surface area contributed by atoms with Gasteiger partial charge in [-0.1, -0.05) is 18.2 Å². The van der Waals surface area contributed by atoms with Crippen molar-refractivity contribution in [1.29, 1.82) is 0 Å². The van der Waals surface area contributed by atoms with Crippen LogP contribution in [-0.2, 0) is 22.9 Å². The van der Waals surface area contributed by atoms with Crippen molar-refractivity contribution in [2.24, 2.45) is 0 Å². The van der Waals surface area contributed by atoms with E-state index in [1.165, 1.54) is 14.2 Å². The van der Waals surface area contributed by atoms with E-state index in [2.05, 4.69) is 9.05 Å². The van der Waals surface area contributed by atoms with E-state index in [0.29, 0.717) is 5.56 Å². The molecule has 0 spiro atoms. The van der Waals surface area contributed by atoms with Crippen LogP contribution in [0.3, 0.4) is 0 Å². The number of phosphoric ester groups is 1. The highest BCUT2D eigenvalue weighted by Gasteiger charge is 2.22. The molecule has 0 bridgehead atoms. The first kappa shape index (κ1) is 14.9. The minimum absolute atomic E-state index is 0.0373. The summed E-state index contributed by atoms with van der Waals surface area (Å²) < 4.78 is 30.3. The van der Waals surface area contributed by atoms with Gasteiger partial charge in [0.05, 0.1) is 12.2 Å². The number of ether oxygens (including phenoxy) is 1. The van der Waals surface area contributed by atoms with Gasteiger partial charge in [0.25, 0.3) is 0 Å². The first-order chi connectivity index (χ1) is 8.61. The number of rotatable bonds is 7. The Labute approximate surface area is 105 Å². The van der Waals surface area contributed by atoms with Gasteiger partial charge in [-0.05, 0) is 12.1 Å². The Morgan fingerprint density at radius 3 is 2.28 bits per heavy atom. The molecule has 1 aromatic carbocycles. The average molecular weight is 274 g/mol. The Bertz CT molecular complexity index is 411. The lowest BCUT2D eigenvalue weighted by atomic mass is 10.2. The quantitative estimate of drug-likeness (QED) is 0.431. The fraction of sp³-hybridized carbons (Fsp3) is 0.364. The Morgan fingerprint density at radius 1 is 1.11 bits per heavy atom. The van der Waals surface area contributed by atoms with Crippen LogP contribution < -0.4 is 0 Å². The Balaban J connectivity index is 2.31. The van der Waals surface area contributed by atoms with Crippen LogP contribution in [-0.4, -0.2) is 33.4 Å². The van der Waals surface area contributed by atoms with Crippen molar-refractivity contribution in [3.63, 3.8) is 0 Å². The van der Waals surface area contributed by atoms with E-state index in [1.807, 2.05) is 0 Å². The van der Waals surface area contributed by atoms with E-state index in [-0.39, 0.29) is 13.2 Å². The number of carbonyl (C=O) groups is 1. The first-order valence-corrected chi connectivity index (χ1v) is 6.65. The van der Waals surface area contributed by atoms with E-state index >= 15 is 0 Å². The zero-order chi connectivity index (χ0) is 13.4. The van der Waals surface area contributed by atoms with Crippen LogP contribution >= 0.6 is 7.82 Å². The summed E-state index contributed by atoms with van der Waals surface area (Å²) in [5.41, 5.74) is 0.444. The first-order valence-electron chi connectivity index (χ1n) is 5.19. The molecule has 0 heterocycles. The summed E-state index contributed by atoms with van der Waals surface area (Å²) in [7, 11) is -1.09. The van der Waals surface area contributed by atoms with Crippen LogP contribution in [0.25, 0.3) is 0 Å². The molecule has 0 saturated carbocycles. The summed E-state index contributed by atoms with van der Waals surface area (Å²) in [6, 6.07) is 8.54. The smallest absolute Gasteiger partial charge is 0.460 e. The molecule has 0 N–H and O–H groups in total. The van der Waals surface area contributed by atoms with Crippen LogP contribution in [0.2, 0.25) is 0 Å². The molecule has 6 nitrogen and oxygen atoms in total. The van der Waals surface area contributed by atoms with Gasteiger partial charge in [-0.3, -0.25) is 13.6 Å². The zero-order valence-corrected chi connectivity index (χ0v) is 11.1. The van der Waals surface area contributed by atoms with Crippen LogP contribution in [0, 0.1) is 0 Å². The van der Waals surface area contributed by atoms with Crippen LogP contribution in [0.4, 0.5) is 0 Å². The second kappa shape index (κ2) is 7.28. The molecule has 0 saturated heterocycles. The lowest BCUT2D eigenvalue weighted by Gasteiger charge is -2.13. The summed E-state index contributed by atoms with van der Waals surface area (Å²) in [6.45, 7) is -0.109. The molecule has 0 aliphatic rings. The highest BCUT2D eigenvalue weighted by atomic mass is 31.2. The lowest BCUT2D eigenvalue weighted by Crippen LogP contribution is -2.10. The number of hydrogen-bond acceptors (Lipinski definition) is 6. The third-order valence-electron chi connectivity index (χ3n) is 2.02. The average Bonchev–Trinajstić information content (AvgIpc) is 2.44. The maximum absolute atomic E-state index is 11.5. The van der Waals surface area contributed by atoms with Gasteiger partial charge >= 0.3 is 13.8 Å². The Kier molecular flexibility index (Phi) is 6.01. The molecule has 0 aliphatic carbocycles. The van der Waals surface area contributed by atoms with Gasteiger partial charge in [-0.25, -0.2) is 9.36 Å². The minimum Gasteiger partial charge on any atom is -0.460 e. The monoisotopic (exact) mass is 274 g/mol. The van der Waals surface area contributed by atoms with Crippen LogP contribution in [0.1, 0.15) is 10.4 Å². The molecule has 1 rings (SSSR count). The second-order valence-corrected chi connectivity index (χ2v) is 5.03. The van der Waals surface area contributed by atoms with E-state index in [1.54, 1.807) is 30.3 Å². The largest absolute Gasteiger partial charge is 0.474 e. The summed E-state index contributed by atoms with van der Waals surface area (Å²) >= 11 is 0. The van der Waals surface area contributed by atoms with Crippen molar-refractivity contribution in [3.05, 3.63) is 35.9 Å². The molecular formula is C11H15O6P. The number of esters is 1. The molecule has 0 fully saturated rings. The van der Waals surface area contributed by atoms with Crippen molar-refractivity contribution in [3.8, 4) is 0 Å². The third kappa shape index (κ3) is 4.58. The van der Waals surface area contributed by atoms with Gasteiger partial charge in [0.1, 0.15) is 6.61 Å². The van der Waals surface area contributed by atoms with Gasteiger partial charge in [0.15, 0.2) is 0 Å². The third-order valence-corrected chi connectivity index (χ3v) is 3.42. The summed E-state index contributed by atoms with van der Waals surface area (Å²) in [6.07, 6.45) is 0. The summed E-state index contributed by atoms with van der Waals surface area (Å²) in [5, 5.41) is 0. The van der Waals surface area contributed by atoms with Gasteiger partial charge in [-0.2, -0.15) is 0 Å². The van der Waals surface area contributed by atoms with E-state index in [4.69, 9.17) is 9.26 Å². The molecule has 0 atom stereocenters. The fourth-order valence-corrected chi connectivity index (χ4v) is 1.78. The topological polar surface area (TPSA) is 71.1 Å². The van der Waals surface area contributed by atoms with Gasteiger partial charge in [-0.15, -0.1) is 0 Å². The maximum atomic E-state index is 11.5. The molecule has 100 valence electrons. The SMILES string of the molecule is COP(=O)(OC)OCCOC(=O)c1ccccc1. The Hall–Kier alpha value is -1.20. The predicted octanol–water partition coefficient (Wildman–Crippen LogP) is 2.26. The van der Waals surface area contributed by atoms with E-state index in [9.17, 15) is 9.36 Å². The molecular weight excluding hydrogens is 259 g/mol. The molecule has 0 amide bonds. The van der Waals surface area contributed by atoms with Crippen molar-refractivity contribution in [1.82, 2.24) is 0 Å². The van der Waals surface area contributed by atoms with Gasteiger partial charge in [0.2, 0.25) is 0 Å². The molecule has 0 aromatic heterocycles. The van der Waals surface area contributed by atoms with E-state index in [0.717, 1.165) is 0 Å². The van der Waals surface area contributed by atoms with Crippen molar-refractivity contribution in [2.75, 3.05) is 27.4 Å². The summed E-state index contributed by atoms with van der Waals surface area (Å²) in [5.74, 6) is -0.469. The molecule has 7 heteroatoms. The standard InChI is InChI=1S/C11H15O6P/c1-14-18(13,15-2)17-9-8-16-11(12)10-6-4-3-5-7-10/h3-7H,8-9H2,1-2H3. The number of benzene rings is 1. The van der Waals surface area contributed by atoms with Gasteiger partial charge < -0.3 is 4.74 Å². The van der Waals surface area contributed by atoms with Crippen molar-refractivity contribution >= 4 is 13.8 Å². The second-order valence-electron chi connectivity index (χ2n) is 3.15. The normalized spacial score (nSPS) is 11.2. The molecule has 0 unspecified atom stereocenters. The maximum Gasteiger partial charge on any atom is 0.474 e. The molecule has 1 aromatic rings. The zero-order valence-electron chi connectivity index (χ0n) is 10.2. The predicted molar refractivity (Wildman–Crippen MR) is 64.3 cm³/mol. The van der Waals surface area contributed by atoms with E-state index < -0.39 is 13.8 Å². The minimum atomic E-state index is -3.50. The van der Waals surface area contributed by atoms with Crippen LogP contribution in [0.15, 0.2) is 30.3 Å². The number of hydrogen-bond donors (Lipinski definition) is 0. The van der Waals surface area contributed by atoms with Crippen molar-refractivity contribution in [2.45, 2.75) is 0 Å².